The van der Waals surface area contributed by atoms with E-state index in [0.717, 1.165) is 98.7 Å². The normalized spacial score (nSPS) is 18.0. The van der Waals surface area contributed by atoms with Crippen molar-refractivity contribution in [2.75, 3.05) is 37.9 Å². The minimum absolute atomic E-state index is 0.152. The van der Waals surface area contributed by atoms with Crippen LogP contribution in [0.1, 0.15) is 82.9 Å². The minimum Gasteiger partial charge on any atom is -0.381 e. The van der Waals surface area contributed by atoms with Crippen LogP contribution in [-0.2, 0) is 27.9 Å². The van der Waals surface area contributed by atoms with E-state index in [1.807, 2.05) is 26.0 Å². The number of aromatic amines is 1. The Bertz CT molecular complexity index is 1560. The van der Waals surface area contributed by atoms with Crippen LogP contribution < -0.4 is 15.8 Å². The lowest BCUT2D eigenvalue weighted by Crippen LogP contribution is -2.40. The largest absolute Gasteiger partial charge is 0.381 e. The van der Waals surface area contributed by atoms with E-state index in [2.05, 4.69) is 53.3 Å². The van der Waals surface area contributed by atoms with Crippen LogP contribution in [0.15, 0.2) is 41.2 Å². The van der Waals surface area contributed by atoms with Crippen molar-refractivity contribution in [1.29, 1.82) is 0 Å². The van der Waals surface area contributed by atoms with Crippen LogP contribution in [0, 0.1) is 20.8 Å². The SMILES string of the molecule is CCN(c1cc(-c2ccc3c(c2)CCC32CCOCC2)cc(C(=O)NCc2c(C)cc(C)[nH]c2=O)c1C)C1CCOCC1. The van der Waals surface area contributed by atoms with Gasteiger partial charge in [0.2, 0.25) is 0 Å². The summed E-state index contributed by atoms with van der Waals surface area (Å²) in [6, 6.07) is 13.6. The lowest BCUT2D eigenvalue weighted by atomic mass is 9.75. The van der Waals surface area contributed by atoms with Crippen LogP contribution >= 0.6 is 0 Å². The summed E-state index contributed by atoms with van der Waals surface area (Å²) in [7, 11) is 0. The molecule has 43 heavy (non-hydrogen) atoms. The molecule has 2 N–H and O–H groups in total. The Morgan fingerprint density at radius 1 is 0.977 bits per heavy atom. The van der Waals surface area contributed by atoms with Gasteiger partial charge in [-0.3, -0.25) is 9.59 Å². The van der Waals surface area contributed by atoms with E-state index in [1.165, 1.54) is 17.5 Å². The third-order valence-corrected chi connectivity index (χ3v) is 10.2. The quantitative estimate of drug-likeness (QED) is 0.362. The van der Waals surface area contributed by atoms with Crippen LogP contribution in [-0.4, -0.2) is 49.9 Å². The summed E-state index contributed by atoms with van der Waals surface area (Å²) < 4.78 is 11.4. The first kappa shape index (κ1) is 29.6. The van der Waals surface area contributed by atoms with E-state index < -0.39 is 0 Å². The fraction of sp³-hybridized carbons (Fsp3) is 0.500. The van der Waals surface area contributed by atoms with Gasteiger partial charge in [-0.15, -0.1) is 0 Å². The fourth-order valence-electron chi connectivity index (χ4n) is 7.67. The van der Waals surface area contributed by atoms with Crippen LogP contribution in [0.25, 0.3) is 11.1 Å². The molecule has 1 spiro atoms. The fourth-order valence-corrected chi connectivity index (χ4v) is 7.67. The minimum atomic E-state index is -0.162. The second-order valence-corrected chi connectivity index (χ2v) is 12.7. The lowest BCUT2D eigenvalue weighted by Gasteiger charge is -2.37. The van der Waals surface area contributed by atoms with Gasteiger partial charge in [-0.1, -0.05) is 18.2 Å². The summed E-state index contributed by atoms with van der Waals surface area (Å²) in [4.78, 5) is 31.8. The molecule has 7 nitrogen and oxygen atoms in total. The number of anilines is 1. The molecule has 7 heteroatoms. The molecular weight excluding hydrogens is 538 g/mol. The van der Waals surface area contributed by atoms with Gasteiger partial charge in [0.15, 0.2) is 0 Å². The van der Waals surface area contributed by atoms with Gasteiger partial charge in [-0.2, -0.15) is 0 Å². The van der Waals surface area contributed by atoms with Gasteiger partial charge in [0.1, 0.15) is 0 Å². The molecule has 1 aliphatic carbocycles. The number of amides is 1. The van der Waals surface area contributed by atoms with Crippen molar-refractivity contribution in [1.82, 2.24) is 10.3 Å². The number of nitrogens with one attached hydrogen (secondary N) is 2. The molecule has 0 atom stereocenters. The van der Waals surface area contributed by atoms with E-state index in [4.69, 9.17) is 9.47 Å². The van der Waals surface area contributed by atoms with E-state index >= 15 is 0 Å². The third-order valence-electron chi connectivity index (χ3n) is 10.2. The predicted molar refractivity (Wildman–Crippen MR) is 171 cm³/mol. The molecule has 2 saturated heterocycles. The first-order valence-electron chi connectivity index (χ1n) is 16.0. The number of H-pyrrole nitrogens is 1. The summed E-state index contributed by atoms with van der Waals surface area (Å²) >= 11 is 0. The standard InChI is InChI=1S/C36H45N3O4/c1-5-39(29-9-14-42-15-10-29)33-21-28(26-6-7-32-27(19-26)8-11-36(32)12-16-43-17-13-36)20-30(25(33)4)34(40)37-22-31-23(2)18-24(3)38-35(31)41/h6-7,18-21,29H,5,8-17,22H2,1-4H3,(H,37,40)(H,38,41). The monoisotopic (exact) mass is 583 g/mol. The number of carbonyl (C=O) groups excluding carboxylic acids is 1. The van der Waals surface area contributed by atoms with Crippen molar-refractivity contribution in [2.45, 2.75) is 84.2 Å². The van der Waals surface area contributed by atoms with Gasteiger partial charge >= 0.3 is 0 Å². The highest BCUT2D eigenvalue weighted by Gasteiger charge is 2.40. The number of nitrogens with zero attached hydrogens (tertiary/aromatic N) is 1. The summed E-state index contributed by atoms with van der Waals surface area (Å²) in [5.41, 5.74) is 10.2. The van der Waals surface area contributed by atoms with Gasteiger partial charge < -0.3 is 24.7 Å². The maximum Gasteiger partial charge on any atom is 0.253 e. The maximum absolute atomic E-state index is 13.9. The second kappa shape index (κ2) is 12.3. The number of fused-ring (bicyclic) bond motifs is 2. The van der Waals surface area contributed by atoms with Gasteiger partial charge in [-0.25, -0.2) is 0 Å². The van der Waals surface area contributed by atoms with E-state index in [-0.39, 0.29) is 23.4 Å². The molecule has 3 heterocycles. The number of pyridine rings is 1. The first-order valence-corrected chi connectivity index (χ1v) is 16.0. The van der Waals surface area contributed by atoms with Gasteiger partial charge in [0, 0.05) is 73.5 Å². The molecule has 3 aromatic rings. The zero-order valence-electron chi connectivity index (χ0n) is 26.1. The van der Waals surface area contributed by atoms with Crippen molar-refractivity contribution in [2.24, 2.45) is 0 Å². The highest BCUT2D eigenvalue weighted by atomic mass is 16.5. The van der Waals surface area contributed by atoms with E-state index in [9.17, 15) is 9.59 Å². The number of hydrogen-bond acceptors (Lipinski definition) is 5. The molecular formula is C36H45N3O4. The smallest absolute Gasteiger partial charge is 0.253 e. The number of aryl methyl sites for hydroxylation is 3. The summed E-state index contributed by atoms with van der Waals surface area (Å²) in [5.74, 6) is -0.162. The first-order chi connectivity index (χ1) is 20.8. The Morgan fingerprint density at radius 3 is 2.44 bits per heavy atom. The molecule has 2 aliphatic heterocycles. The highest BCUT2D eigenvalue weighted by molar-refractivity contribution is 5.99. The van der Waals surface area contributed by atoms with Crippen molar-refractivity contribution in [3.05, 3.63) is 85.8 Å². The zero-order valence-corrected chi connectivity index (χ0v) is 26.1. The van der Waals surface area contributed by atoms with Gasteiger partial charge in [-0.05, 0) is 118 Å². The molecule has 1 amide bonds. The third kappa shape index (κ3) is 5.77. The Hall–Kier alpha value is -3.42. The average Bonchev–Trinajstić information content (AvgIpc) is 3.35. The summed E-state index contributed by atoms with van der Waals surface area (Å²) in [6.45, 7) is 12.3. The number of benzene rings is 2. The van der Waals surface area contributed by atoms with Crippen LogP contribution in [0.3, 0.4) is 0 Å². The van der Waals surface area contributed by atoms with Crippen molar-refractivity contribution < 1.29 is 14.3 Å². The lowest BCUT2D eigenvalue weighted by molar-refractivity contribution is 0.0506. The summed E-state index contributed by atoms with van der Waals surface area (Å²) in [5, 5.41) is 3.07. The Kier molecular flexibility index (Phi) is 8.47. The Labute approximate surface area is 255 Å². The molecule has 0 radical (unpaired) electrons. The molecule has 2 aromatic carbocycles. The van der Waals surface area contributed by atoms with Crippen molar-refractivity contribution in [3.8, 4) is 11.1 Å². The van der Waals surface area contributed by atoms with Crippen molar-refractivity contribution in [3.63, 3.8) is 0 Å². The molecule has 0 bridgehead atoms. The molecule has 228 valence electrons. The number of ether oxygens (including phenoxy) is 2. The maximum atomic E-state index is 13.9. The molecule has 0 saturated carbocycles. The highest BCUT2D eigenvalue weighted by Crippen LogP contribution is 2.47. The van der Waals surface area contributed by atoms with Gasteiger partial charge in [0.25, 0.3) is 11.5 Å². The van der Waals surface area contributed by atoms with Crippen LogP contribution in [0.2, 0.25) is 0 Å². The van der Waals surface area contributed by atoms with E-state index in [0.29, 0.717) is 17.2 Å². The Morgan fingerprint density at radius 2 is 1.72 bits per heavy atom. The van der Waals surface area contributed by atoms with Gasteiger partial charge in [0.05, 0.1) is 0 Å². The average molecular weight is 584 g/mol. The van der Waals surface area contributed by atoms with E-state index in [1.54, 1.807) is 0 Å². The number of rotatable bonds is 7. The molecule has 6 rings (SSSR count). The molecule has 3 aliphatic rings. The number of carbonyl (C=O) groups is 1. The second-order valence-electron chi connectivity index (χ2n) is 12.7. The molecule has 2 fully saturated rings. The summed E-state index contributed by atoms with van der Waals surface area (Å²) in [6.07, 6.45) is 6.41. The molecule has 0 unspecified atom stereocenters. The Balaban J connectivity index is 1.38. The number of aromatic nitrogens is 1. The van der Waals surface area contributed by atoms with Crippen LogP contribution in [0.4, 0.5) is 5.69 Å². The number of hydrogen-bond donors (Lipinski definition) is 2. The molecule has 1 aromatic heterocycles. The topological polar surface area (TPSA) is 83.7 Å². The zero-order chi connectivity index (χ0) is 30.1. The van der Waals surface area contributed by atoms with Crippen LogP contribution in [0.5, 0.6) is 0 Å². The van der Waals surface area contributed by atoms with Crippen molar-refractivity contribution >= 4 is 11.6 Å². The predicted octanol–water partition coefficient (Wildman–Crippen LogP) is 5.90.